The Morgan fingerprint density at radius 1 is 1.33 bits per heavy atom. The van der Waals surface area contributed by atoms with E-state index in [0.29, 0.717) is 3.71 Å². The molecule has 0 aliphatic heterocycles. The molecule has 0 radical (unpaired) electrons. The molecular formula is C5H6N2Se2. The van der Waals surface area contributed by atoms with Crippen LogP contribution in [0.1, 0.15) is 13.3 Å². The number of hydrogen-bond donors (Lipinski definition) is 0. The number of nitriles is 2. The molecule has 0 amide bonds. The minimum absolute atomic E-state index is 0.0461. The topological polar surface area (TPSA) is 47.6 Å². The van der Waals surface area contributed by atoms with Crippen molar-refractivity contribution in [3.05, 3.63) is 0 Å². The van der Waals surface area contributed by atoms with E-state index >= 15 is 0 Å². The van der Waals surface area contributed by atoms with Gasteiger partial charge in [-0.15, -0.1) is 0 Å². The molecule has 4 heteroatoms. The number of nitrogens with zero attached hydrogens (tertiary/aromatic N) is 2. The molecule has 0 spiro atoms. The standard InChI is InChI=1S/C5H6N2Se2/c1-2-5(8-3-6)9-4-7/h5H,2H2,1H3. The molecule has 9 heavy (non-hydrogen) atoms. The molecule has 0 rings (SSSR count). The Balaban J connectivity index is 3.47. The first-order valence-electron chi connectivity index (χ1n) is 2.44. The summed E-state index contributed by atoms with van der Waals surface area (Å²) in [6.45, 7) is 2.03. The van der Waals surface area contributed by atoms with Gasteiger partial charge in [0.1, 0.15) is 0 Å². The van der Waals surface area contributed by atoms with E-state index in [1.807, 2.05) is 6.92 Å². The fourth-order valence-electron chi connectivity index (χ4n) is 0.308. The van der Waals surface area contributed by atoms with Crippen LogP contribution in [-0.2, 0) is 0 Å². The SMILES string of the molecule is CCC([Se]C#N)[Se]C#N. The maximum absolute atomic E-state index is 8.27. The first-order valence-corrected chi connectivity index (χ1v) is 6.13. The molecule has 0 aromatic rings. The molecule has 0 aliphatic rings. The van der Waals surface area contributed by atoms with Crippen molar-refractivity contribution in [1.29, 1.82) is 10.5 Å². The van der Waals surface area contributed by atoms with Crippen molar-refractivity contribution in [2.75, 3.05) is 0 Å². The van der Waals surface area contributed by atoms with E-state index in [1.54, 1.807) is 0 Å². The molecule has 0 bridgehead atoms. The van der Waals surface area contributed by atoms with Crippen molar-refractivity contribution >= 4 is 29.9 Å². The van der Waals surface area contributed by atoms with Crippen LogP contribution in [0.3, 0.4) is 0 Å². The van der Waals surface area contributed by atoms with Crippen molar-refractivity contribution < 1.29 is 0 Å². The predicted molar refractivity (Wildman–Crippen MR) is 36.8 cm³/mol. The molecule has 0 fully saturated rings. The molecule has 0 heterocycles. The summed E-state index contributed by atoms with van der Waals surface area (Å²) in [5.41, 5.74) is 0. The third kappa shape index (κ3) is 4.52. The Kier molecular flexibility index (Phi) is 6.16. The molecule has 0 saturated carbocycles. The van der Waals surface area contributed by atoms with Gasteiger partial charge in [0.25, 0.3) is 0 Å². The van der Waals surface area contributed by atoms with Crippen molar-refractivity contribution in [2.45, 2.75) is 17.1 Å². The van der Waals surface area contributed by atoms with Gasteiger partial charge in [-0.3, -0.25) is 0 Å². The second-order valence-corrected chi connectivity index (χ2v) is 6.91. The predicted octanol–water partition coefficient (Wildman–Crippen LogP) is 0.513. The second kappa shape index (κ2) is 6.14. The van der Waals surface area contributed by atoms with Gasteiger partial charge in [-0.1, -0.05) is 0 Å². The van der Waals surface area contributed by atoms with Crippen molar-refractivity contribution in [3.63, 3.8) is 0 Å². The van der Waals surface area contributed by atoms with Crippen LogP contribution < -0.4 is 0 Å². The zero-order valence-electron chi connectivity index (χ0n) is 5.00. The third-order valence-electron chi connectivity index (χ3n) is 0.702. The van der Waals surface area contributed by atoms with E-state index in [0.717, 1.165) is 6.42 Å². The van der Waals surface area contributed by atoms with E-state index in [1.165, 1.54) is 0 Å². The van der Waals surface area contributed by atoms with Gasteiger partial charge in [-0.05, 0) is 0 Å². The fourth-order valence-corrected chi connectivity index (χ4v) is 3.06. The summed E-state index contributed by atoms with van der Waals surface area (Å²) in [5, 5.41) is 16.5. The average molecular weight is 252 g/mol. The molecule has 0 aliphatic carbocycles. The summed E-state index contributed by atoms with van der Waals surface area (Å²) in [5.74, 6) is 0. The summed E-state index contributed by atoms with van der Waals surface area (Å²) in [4.78, 5) is 4.26. The quantitative estimate of drug-likeness (QED) is 0.687. The van der Waals surface area contributed by atoms with Crippen molar-refractivity contribution in [1.82, 2.24) is 0 Å². The molecule has 0 aromatic heterocycles. The molecule has 0 saturated heterocycles. The van der Waals surface area contributed by atoms with Crippen molar-refractivity contribution in [2.24, 2.45) is 0 Å². The second-order valence-electron chi connectivity index (χ2n) is 1.26. The first-order chi connectivity index (χ1) is 4.35. The van der Waals surface area contributed by atoms with E-state index in [-0.39, 0.29) is 29.9 Å². The van der Waals surface area contributed by atoms with Gasteiger partial charge in [-0.2, -0.15) is 0 Å². The van der Waals surface area contributed by atoms with Crippen LogP contribution in [-0.4, -0.2) is 29.9 Å². The monoisotopic (exact) mass is 254 g/mol. The maximum atomic E-state index is 8.27. The Morgan fingerprint density at radius 2 is 1.78 bits per heavy atom. The van der Waals surface area contributed by atoms with E-state index in [9.17, 15) is 0 Å². The summed E-state index contributed by atoms with van der Waals surface area (Å²) in [7, 11) is 0. The Morgan fingerprint density at radius 3 is 2.00 bits per heavy atom. The molecule has 0 aromatic carbocycles. The van der Waals surface area contributed by atoms with Crippen LogP contribution in [0.15, 0.2) is 0 Å². The Hall–Kier alpha value is 0.0190. The normalized spacial score (nSPS) is 8.44. The van der Waals surface area contributed by atoms with Crippen LogP contribution in [0.2, 0.25) is 3.71 Å². The summed E-state index contributed by atoms with van der Waals surface area (Å²) >= 11 is 0.0922. The average Bonchev–Trinajstić information content (AvgIpc) is 1.88. The van der Waals surface area contributed by atoms with Crippen LogP contribution >= 0.6 is 0 Å². The van der Waals surface area contributed by atoms with Crippen LogP contribution in [0.5, 0.6) is 0 Å². The van der Waals surface area contributed by atoms with Gasteiger partial charge in [0.2, 0.25) is 0 Å². The molecule has 0 unspecified atom stereocenters. The van der Waals surface area contributed by atoms with Crippen LogP contribution in [0.25, 0.3) is 0 Å². The molecular weight excluding hydrogens is 246 g/mol. The van der Waals surface area contributed by atoms with Gasteiger partial charge in [-0.25, -0.2) is 0 Å². The first kappa shape index (κ1) is 9.02. The Bertz CT molecular complexity index is 128. The summed E-state index contributed by atoms with van der Waals surface area (Å²) in [6.07, 6.45) is 0.987. The zero-order chi connectivity index (χ0) is 7.11. The van der Waals surface area contributed by atoms with Gasteiger partial charge >= 0.3 is 67.4 Å². The zero-order valence-corrected chi connectivity index (χ0v) is 8.42. The Labute approximate surface area is 67.5 Å². The van der Waals surface area contributed by atoms with E-state index < -0.39 is 0 Å². The molecule has 0 N–H and O–H groups in total. The summed E-state index contributed by atoms with van der Waals surface area (Å²) < 4.78 is 0.417. The fraction of sp³-hybridized carbons (Fsp3) is 0.600. The van der Waals surface area contributed by atoms with E-state index in [2.05, 4.69) is 9.94 Å². The number of rotatable bonds is 3. The molecule has 2 nitrogen and oxygen atoms in total. The van der Waals surface area contributed by atoms with Crippen LogP contribution in [0, 0.1) is 20.5 Å². The van der Waals surface area contributed by atoms with Gasteiger partial charge < -0.3 is 0 Å². The van der Waals surface area contributed by atoms with E-state index in [4.69, 9.17) is 10.5 Å². The van der Waals surface area contributed by atoms with Gasteiger partial charge in [0.15, 0.2) is 0 Å². The number of hydrogen-bond acceptors (Lipinski definition) is 2. The van der Waals surface area contributed by atoms with Gasteiger partial charge in [0, 0.05) is 0 Å². The van der Waals surface area contributed by atoms with Crippen molar-refractivity contribution in [3.8, 4) is 9.94 Å². The minimum atomic E-state index is 0.0461. The van der Waals surface area contributed by atoms with Gasteiger partial charge in [0.05, 0.1) is 0 Å². The summed E-state index contributed by atoms with van der Waals surface area (Å²) in [6, 6.07) is 0. The van der Waals surface area contributed by atoms with Crippen LogP contribution in [0.4, 0.5) is 0 Å². The third-order valence-corrected chi connectivity index (χ3v) is 5.74. The molecule has 0 atom stereocenters. The molecule has 48 valence electrons.